The molecule has 2 heterocycles. The monoisotopic (exact) mass is 256 g/mol. The van der Waals surface area contributed by atoms with Crippen LogP contribution in [0.25, 0.3) is 22.2 Å². The molecule has 0 unspecified atom stereocenters. The van der Waals surface area contributed by atoms with Gasteiger partial charge < -0.3 is 4.98 Å². The quantitative estimate of drug-likeness (QED) is 0.705. The van der Waals surface area contributed by atoms with Crippen LogP contribution in [0, 0.1) is 0 Å². The van der Waals surface area contributed by atoms with Crippen LogP contribution in [0.3, 0.4) is 0 Å². The number of benzene rings is 1. The fraction of sp³-hybridized carbons (Fsp3) is 0.133. The number of pyridine rings is 1. The minimum atomic E-state index is 0.658. The summed E-state index contributed by atoms with van der Waals surface area (Å²) in [5, 5.41) is 1.22. The van der Waals surface area contributed by atoms with Gasteiger partial charge in [0.2, 0.25) is 0 Å². The molecule has 1 aromatic carbocycles. The summed E-state index contributed by atoms with van der Waals surface area (Å²) < 4.78 is 0. The highest BCUT2D eigenvalue weighted by molar-refractivity contribution is 6.18. The van der Waals surface area contributed by atoms with Gasteiger partial charge in [0, 0.05) is 40.4 Å². The fourth-order valence-corrected chi connectivity index (χ4v) is 2.34. The first-order chi connectivity index (χ1) is 8.86. The number of nitrogens with zero attached hydrogens (tertiary/aromatic N) is 1. The van der Waals surface area contributed by atoms with Crippen molar-refractivity contribution in [3.63, 3.8) is 0 Å². The van der Waals surface area contributed by atoms with Crippen LogP contribution in [0.5, 0.6) is 0 Å². The molecule has 0 saturated carbocycles. The topological polar surface area (TPSA) is 28.7 Å². The smallest absolute Gasteiger partial charge is 0.0480 e. The molecular weight excluding hydrogens is 244 g/mol. The summed E-state index contributed by atoms with van der Waals surface area (Å²) in [6, 6.07) is 12.6. The van der Waals surface area contributed by atoms with E-state index in [0.29, 0.717) is 5.88 Å². The number of aryl methyl sites for hydroxylation is 1. The molecule has 2 nitrogen and oxygen atoms in total. The number of H-pyrrole nitrogens is 1. The highest BCUT2D eigenvalue weighted by Gasteiger charge is 2.04. The second-order valence-electron chi connectivity index (χ2n) is 4.29. The van der Waals surface area contributed by atoms with Crippen LogP contribution in [0.2, 0.25) is 0 Å². The van der Waals surface area contributed by atoms with Gasteiger partial charge in [0.25, 0.3) is 0 Å². The van der Waals surface area contributed by atoms with Gasteiger partial charge in [-0.1, -0.05) is 6.07 Å². The average Bonchev–Trinajstić information content (AvgIpc) is 2.83. The van der Waals surface area contributed by atoms with E-state index >= 15 is 0 Å². The van der Waals surface area contributed by atoms with Crippen molar-refractivity contribution < 1.29 is 0 Å². The Labute approximate surface area is 111 Å². The van der Waals surface area contributed by atoms with E-state index in [4.69, 9.17) is 11.6 Å². The predicted molar refractivity (Wildman–Crippen MR) is 76.0 cm³/mol. The molecule has 2 aromatic heterocycles. The molecule has 0 radical (unpaired) electrons. The summed E-state index contributed by atoms with van der Waals surface area (Å²) in [7, 11) is 0. The van der Waals surface area contributed by atoms with E-state index in [1.54, 1.807) is 6.20 Å². The Kier molecular flexibility index (Phi) is 3.03. The number of aromatic nitrogens is 2. The van der Waals surface area contributed by atoms with Gasteiger partial charge in [-0.05, 0) is 42.3 Å². The molecular formula is C15H13ClN2. The summed E-state index contributed by atoms with van der Waals surface area (Å²) in [6.45, 7) is 0. The zero-order chi connectivity index (χ0) is 12.4. The molecule has 0 fully saturated rings. The number of rotatable bonds is 3. The van der Waals surface area contributed by atoms with E-state index < -0.39 is 0 Å². The maximum Gasteiger partial charge on any atom is 0.0480 e. The zero-order valence-corrected chi connectivity index (χ0v) is 10.6. The maximum absolute atomic E-state index is 5.77. The van der Waals surface area contributed by atoms with E-state index in [-0.39, 0.29) is 0 Å². The molecule has 18 heavy (non-hydrogen) atoms. The maximum atomic E-state index is 5.77. The Morgan fingerprint density at radius 3 is 2.89 bits per heavy atom. The van der Waals surface area contributed by atoms with Crippen molar-refractivity contribution >= 4 is 22.5 Å². The van der Waals surface area contributed by atoms with Gasteiger partial charge in [0.1, 0.15) is 0 Å². The van der Waals surface area contributed by atoms with Gasteiger partial charge in [-0.2, -0.15) is 0 Å². The third kappa shape index (κ3) is 2.12. The normalized spacial score (nSPS) is 10.9. The summed E-state index contributed by atoms with van der Waals surface area (Å²) >= 11 is 5.77. The molecule has 3 aromatic rings. The van der Waals surface area contributed by atoms with E-state index in [1.165, 1.54) is 10.9 Å². The van der Waals surface area contributed by atoms with Crippen molar-refractivity contribution in [2.75, 3.05) is 5.88 Å². The van der Waals surface area contributed by atoms with Crippen molar-refractivity contribution in [1.82, 2.24) is 9.97 Å². The lowest BCUT2D eigenvalue weighted by atomic mass is 10.1. The SMILES string of the molecule is ClCCc1ccc2[nH]c(-c3cccnc3)cc2c1. The molecule has 3 rings (SSSR count). The van der Waals surface area contributed by atoms with Gasteiger partial charge in [-0.3, -0.25) is 4.98 Å². The number of hydrogen-bond donors (Lipinski definition) is 1. The second-order valence-corrected chi connectivity index (χ2v) is 4.66. The van der Waals surface area contributed by atoms with Gasteiger partial charge in [0.15, 0.2) is 0 Å². The van der Waals surface area contributed by atoms with Crippen LogP contribution in [-0.2, 0) is 6.42 Å². The van der Waals surface area contributed by atoms with Crippen LogP contribution in [-0.4, -0.2) is 15.8 Å². The second kappa shape index (κ2) is 4.83. The highest BCUT2D eigenvalue weighted by atomic mass is 35.5. The first kappa shape index (κ1) is 11.3. The molecule has 0 amide bonds. The summed E-state index contributed by atoms with van der Waals surface area (Å²) in [5.41, 5.74) is 4.62. The molecule has 1 N–H and O–H groups in total. The Morgan fingerprint density at radius 2 is 2.11 bits per heavy atom. The van der Waals surface area contributed by atoms with Gasteiger partial charge in [0.05, 0.1) is 0 Å². The first-order valence-corrected chi connectivity index (χ1v) is 6.48. The minimum Gasteiger partial charge on any atom is -0.354 e. The van der Waals surface area contributed by atoms with E-state index in [0.717, 1.165) is 23.2 Å². The fourth-order valence-electron chi connectivity index (χ4n) is 2.12. The number of hydrogen-bond acceptors (Lipinski definition) is 1. The molecule has 3 heteroatoms. The Balaban J connectivity index is 2.06. The van der Waals surface area contributed by atoms with Crippen molar-refractivity contribution in [3.05, 3.63) is 54.4 Å². The Bertz CT molecular complexity index is 659. The number of nitrogens with one attached hydrogen (secondary N) is 1. The Hall–Kier alpha value is -1.80. The Morgan fingerprint density at radius 1 is 1.17 bits per heavy atom. The highest BCUT2D eigenvalue weighted by Crippen LogP contribution is 2.24. The molecule has 0 aliphatic rings. The van der Waals surface area contributed by atoms with Gasteiger partial charge >= 0.3 is 0 Å². The van der Waals surface area contributed by atoms with Crippen LogP contribution < -0.4 is 0 Å². The zero-order valence-electron chi connectivity index (χ0n) is 9.86. The summed E-state index contributed by atoms with van der Waals surface area (Å²) in [5.74, 6) is 0.658. The predicted octanol–water partition coefficient (Wildman–Crippen LogP) is 4.01. The van der Waals surface area contributed by atoms with Crippen molar-refractivity contribution in [3.8, 4) is 11.3 Å². The molecule has 0 aliphatic carbocycles. The van der Waals surface area contributed by atoms with E-state index in [1.807, 2.05) is 12.3 Å². The minimum absolute atomic E-state index is 0.658. The lowest BCUT2D eigenvalue weighted by molar-refractivity contribution is 1.16. The number of fused-ring (bicyclic) bond motifs is 1. The lowest BCUT2D eigenvalue weighted by Crippen LogP contribution is -1.84. The molecule has 0 atom stereocenters. The van der Waals surface area contributed by atoms with Crippen LogP contribution in [0.1, 0.15) is 5.56 Å². The third-order valence-electron chi connectivity index (χ3n) is 3.04. The van der Waals surface area contributed by atoms with Crippen LogP contribution >= 0.6 is 11.6 Å². The number of halogens is 1. The van der Waals surface area contributed by atoms with Gasteiger partial charge in [-0.15, -0.1) is 11.6 Å². The molecule has 0 spiro atoms. The number of aromatic amines is 1. The summed E-state index contributed by atoms with van der Waals surface area (Å²) in [4.78, 5) is 7.55. The molecule has 0 bridgehead atoms. The van der Waals surface area contributed by atoms with E-state index in [9.17, 15) is 0 Å². The summed E-state index contributed by atoms with van der Waals surface area (Å²) in [6.07, 6.45) is 4.56. The van der Waals surface area contributed by atoms with Crippen molar-refractivity contribution in [1.29, 1.82) is 0 Å². The van der Waals surface area contributed by atoms with E-state index in [2.05, 4.69) is 40.3 Å². The largest absolute Gasteiger partial charge is 0.354 e. The third-order valence-corrected chi connectivity index (χ3v) is 3.23. The van der Waals surface area contributed by atoms with Crippen molar-refractivity contribution in [2.24, 2.45) is 0 Å². The number of alkyl halides is 1. The molecule has 90 valence electrons. The molecule has 0 aliphatic heterocycles. The van der Waals surface area contributed by atoms with Crippen LogP contribution in [0.4, 0.5) is 0 Å². The molecule has 0 saturated heterocycles. The first-order valence-electron chi connectivity index (χ1n) is 5.95. The average molecular weight is 257 g/mol. The van der Waals surface area contributed by atoms with Crippen molar-refractivity contribution in [2.45, 2.75) is 6.42 Å². The van der Waals surface area contributed by atoms with Crippen LogP contribution in [0.15, 0.2) is 48.8 Å². The standard InChI is InChI=1S/C15H13ClN2/c16-6-5-11-3-4-14-13(8-11)9-15(18-14)12-2-1-7-17-10-12/h1-4,7-10,18H,5-6H2. The van der Waals surface area contributed by atoms with Gasteiger partial charge in [-0.25, -0.2) is 0 Å². The lowest BCUT2D eigenvalue weighted by Gasteiger charge is -1.96.